The maximum Gasteiger partial charge on any atom is 0.317 e. The molecule has 3 aliphatic carbocycles. The quantitative estimate of drug-likeness (QED) is 0.299. The molecule has 0 radical (unpaired) electrons. The van der Waals surface area contributed by atoms with E-state index in [-0.39, 0.29) is 26.1 Å². The molecule has 168 valence electrons. The first-order valence-electron chi connectivity index (χ1n) is 11.0. The van der Waals surface area contributed by atoms with Gasteiger partial charge in [0.25, 0.3) is 0 Å². The molecule has 6 unspecified atom stereocenters. The largest absolute Gasteiger partial charge is 0.466 e. The summed E-state index contributed by atoms with van der Waals surface area (Å²) in [5.74, 6) is 0.890. The van der Waals surface area contributed by atoms with E-state index in [9.17, 15) is 19.2 Å². The lowest BCUT2D eigenvalue weighted by Gasteiger charge is -2.31. The molecule has 0 aromatic rings. The molecule has 0 heterocycles. The van der Waals surface area contributed by atoms with Crippen molar-refractivity contribution in [2.45, 2.75) is 52.4 Å². The van der Waals surface area contributed by atoms with E-state index in [2.05, 4.69) is 0 Å². The summed E-state index contributed by atoms with van der Waals surface area (Å²) >= 11 is 0. The second-order valence-corrected chi connectivity index (χ2v) is 8.65. The zero-order chi connectivity index (χ0) is 21.7. The lowest BCUT2D eigenvalue weighted by molar-refractivity contribution is -0.157. The summed E-state index contributed by atoms with van der Waals surface area (Å²) in [5, 5.41) is 0. The Hall–Kier alpha value is -2.12. The molecular formula is C22H32O8. The van der Waals surface area contributed by atoms with Crippen molar-refractivity contribution in [1.29, 1.82) is 0 Å². The molecule has 0 N–H and O–H groups in total. The lowest BCUT2D eigenvalue weighted by Crippen LogP contribution is -2.28. The molecule has 30 heavy (non-hydrogen) atoms. The number of hydrogen-bond donors (Lipinski definition) is 0. The first-order chi connectivity index (χ1) is 14.4. The third kappa shape index (κ3) is 5.52. The topological polar surface area (TPSA) is 105 Å². The average Bonchev–Trinajstić information content (AvgIpc) is 3.36. The van der Waals surface area contributed by atoms with Crippen molar-refractivity contribution in [2.75, 3.05) is 26.4 Å². The second-order valence-electron chi connectivity index (χ2n) is 8.65. The van der Waals surface area contributed by atoms with Gasteiger partial charge in [0.2, 0.25) is 0 Å². The number of esters is 4. The number of rotatable bonds is 10. The Labute approximate surface area is 176 Å². The van der Waals surface area contributed by atoms with Crippen LogP contribution in [0.4, 0.5) is 0 Å². The van der Waals surface area contributed by atoms with E-state index in [1.54, 1.807) is 13.8 Å². The number of fused-ring (bicyclic) bond motifs is 5. The zero-order valence-corrected chi connectivity index (χ0v) is 17.8. The summed E-state index contributed by atoms with van der Waals surface area (Å²) in [7, 11) is 0. The Balaban J connectivity index is 1.39. The number of ether oxygens (including phenoxy) is 4. The van der Waals surface area contributed by atoms with Crippen molar-refractivity contribution in [1.82, 2.24) is 0 Å². The third-order valence-corrected chi connectivity index (χ3v) is 6.83. The van der Waals surface area contributed by atoms with Crippen molar-refractivity contribution in [3.63, 3.8) is 0 Å². The summed E-state index contributed by atoms with van der Waals surface area (Å²) in [6.45, 7) is 4.61. The second kappa shape index (κ2) is 10.3. The van der Waals surface area contributed by atoms with Gasteiger partial charge in [0.05, 0.1) is 26.4 Å². The van der Waals surface area contributed by atoms with Crippen LogP contribution in [0.1, 0.15) is 52.4 Å². The normalized spacial score (nSPS) is 31.1. The molecular weight excluding hydrogens is 392 g/mol. The summed E-state index contributed by atoms with van der Waals surface area (Å²) in [5.41, 5.74) is 0. The van der Waals surface area contributed by atoms with Gasteiger partial charge in [-0.25, -0.2) is 0 Å². The predicted molar refractivity (Wildman–Crippen MR) is 104 cm³/mol. The van der Waals surface area contributed by atoms with Gasteiger partial charge < -0.3 is 18.9 Å². The van der Waals surface area contributed by atoms with Crippen LogP contribution in [0, 0.1) is 35.5 Å². The van der Waals surface area contributed by atoms with E-state index >= 15 is 0 Å². The molecule has 0 spiro atoms. The van der Waals surface area contributed by atoms with Crippen molar-refractivity contribution >= 4 is 23.9 Å². The van der Waals surface area contributed by atoms with E-state index in [1.165, 1.54) is 6.42 Å². The Morgan fingerprint density at radius 3 is 1.77 bits per heavy atom. The first-order valence-corrected chi connectivity index (χ1v) is 11.0. The van der Waals surface area contributed by atoms with Crippen LogP contribution in [0.25, 0.3) is 0 Å². The van der Waals surface area contributed by atoms with E-state index in [4.69, 9.17) is 18.9 Å². The zero-order valence-electron chi connectivity index (χ0n) is 17.8. The molecule has 0 aromatic carbocycles. The first kappa shape index (κ1) is 22.6. The highest BCUT2D eigenvalue weighted by Crippen LogP contribution is 2.62. The molecule has 0 aromatic heterocycles. The van der Waals surface area contributed by atoms with Crippen molar-refractivity contribution in [2.24, 2.45) is 35.5 Å². The number of hydrogen-bond acceptors (Lipinski definition) is 8. The summed E-state index contributed by atoms with van der Waals surface area (Å²) in [6.07, 6.45) is 3.61. The monoisotopic (exact) mass is 424 g/mol. The molecule has 0 saturated heterocycles. The van der Waals surface area contributed by atoms with Crippen LogP contribution in [0.15, 0.2) is 0 Å². The SMILES string of the molecule is CCOC(=O)CC(=O)OCC1CC2C3CC(COC(=O)CC(=O)OCC)C(C3)C2C1. The highest BCUT2D eigenvalue weighted by Gasteiger charge is 2.56. The summed E-state index contributed by atoms with van der Waals surface area (Å²) < 4.78 is 20.2. The number of carbonyl (C=O) groups is 4. The maximum atomic E-state index is 11.8. The van der Waals surface area contributed by atoms with Crippen molar-refractivity contribution in [3.05, 3.63) is 0 Å². The third-order valence-electron chi connectivity index (χ3n) is 6.83. The molecule has 3 aliphatic rings. The van der Waals surface area contributed by atoms with Crippen molar-refractivity contribution in [3.8, 4) is 0 Å². The van der Waals surface area contributed by atoms with Crippen molar-refractivity contribution < 1.29 is 38.1 Å². The van der Waals surface area contributed by atoms with Gasteiger partial charge in [-0.05, 0) is 75.0 Å². The van der Waals surface area contributed by atoms with Gasteiger partial charge >= 0.3 is 23.9 Å². The Kier molecular flexibility index (Phi) is 7.72. The molecule has 3 fully saturated rings. The van der Waals surface area contributed by atoms with Gasteiger partial charge in [-0.2, -0.15) is 0 Å². The molecule has 6 atom stereocenters. The smallest absolute Gasteiger partial charge is 0.317 e. The van der Waals surface area contributed by atoms with Gasteiger partial charge in [0.1, 0.15) is 12.8 Å². The Morgan fingerprint density at radius 1 is 0.633 bits per heavy atom. The minimum absolute atomic E-state index is 0.250. The fourth-order valence-corrected chi connectivity index (χ4v) is 5.83. The molecule has 2 bridgehead atoms. The highest BCUT2D eigenvalue weighted by molar-refractivity contribution is 5.91. The van der Waals surface area contributed by atoms with Gasteiger partial charge in [-0.1, -0.05) is 0 Å². The van der Waals surface area contributed by atoms with E-state index in [0.717, 1.165) is 19.3 Å². The van der Waals surface area contributed by atoms with Gasteiger partial charge in [-0.3, -0.25) is 19.2 Å². The summed E-state index contributed by atoms with van der Waals surface area (Å²) in [6, 6.07) is 0. The van der Waals surface area contributed by atoms with Gasteiger partial charge in [0, 0.05) is 0 Å². The molecule has 3 rings (SSSR count). The van der Waals surface area contributed by atoms with Gasteiger partial charge in [-0.15, -0.1) is 0 Å². The molecule has 0 amide bonds. The standard InChI is InChI=1S/C22H32O8/c1-3-27-19(23)9-21(25)29-11-13-5-16-14-7-15(17(8-14)18(16)6-13)12-30-22(26)10-20(24)28-4-2/h13-18H,3-12H2,1-2H3. The van der Waals surface area contributed by atoms with E-state index in [0.29, 0.717) is 48.7 Å². The molecule has 0 aliphatic heterocycles. The lowest BCUT2D eigenvalue weighted by atomic mass is 9.76. The van der Waals surface area contributed by atoms with Crippen LogP contribution in [0.2, 0.25) is 0 Å². The maximum absolute atomic E-state index is 11.8. The molecule has 3 saturated carbocycles. The fraction of sp³-hybridized carbons (Fsp3) is 0.818. The van der Waals surface area contributed by atoms with Crippen LogP contribution < -0.4 is 0 Å². The minimum Gasteiger partial charge on any atom is -0.466 e. The highest BCUT2D eigenvalue weighted by atomic mass is 16.6. The van der Waals surface area contributed by atoms with Crippen LogP contribution in [0.5, 0.6) is 0 Å². The molecule has 8 heteroatoms. The fourth-order valence-electron chi connectivity index (χ4n) is 5.83. The predicted octanol–water partition coefficient (Wildman–Crippen LogP) is 2.28. The van der Waals surface area contributed by atoms with Crippen LogP contribution in [0.3, 0.4) is 0 Å². The Morgan fingerprint density at radius 2 is 1.17 bits per heavy atom. The van der Waals surface area contributed by atoms with E-state index < -0.39 is 23.9 Å². The van der Waals surface area contributed by atoms with Crippen LogP contribution >= 0.6 is 0 Å². The van der Waals surface area contributed by atoms with Crippen LogP contribution in [-0.4, -0.2) is 50.3 Å². The molecule has 8 nitrogen and oxygen atoms in total. The van der Waals surface area contributed by atoms with E-state index in [1.807, 2.05) is 0 Å². The number of carbonyl (C=O) groups excluding carboxylic acids is 4. The summed E-state index contributed by atoms with van der Waals surface area (Å²) in [4.78, 5) is 46.4. The average molecular weight is 424 g/mol. The Bertz CT molecular complexity index is 660. The van der Waals surface area contributed by atoms with Crippen LogP contribution in [-0.2, 0) is 38.1 Å². The van der Waals surface area contributed by atoms with Gasteiger partial charge in [0.15, 0.2) is 0 Å². The minimum atomic E-state index is -0.552.